The highest BCUT2D eigenvalue weighted by Crippen LogP contribution is 2.43. The summed E-state index contributed by atoms with van der Waals surface area (Å²) in [5, 5.41) is 13.9. The number of anilines is 1. The molecule has 0 bridgehead atoms. The van der Waals surface area contributed by atoms with E-state index >= 15 is 0 Å². The Hall–Kier alpha value is -3.10. The number of carbonyl (C=O) groups excluding carboxylic acids is 1. The third-order valence-corrected chi connectivity index (χ3v) is 4.89. The Balaban J connectivity index is 1.66. The lowest BCUT2D eigenvalue weighted by atomic mass is 10.1. The summed E-state index contributed by atoms with van der Waals surface area (Å²) in [5.74, 6) is 0.344. The van der Waals surface area contributed by atoms with Crippen LogP contribution in [0.1, 0.15) is 65.8 Å². The van der Waals surface area contributed by atoms with Crippen LogP contribution in [0.3, 0.4) is 0 Å². The highest BCUT2D eigenvalue weighted by molar-refractivity contribution is 6.04. The average molecular weight is 403 g/mol. The quantitative estimate of drug-likeness (QED) is 0.638. The number of benzene rings is 1. The zero-order valence-corrected chi connectivity index (χ0v) is 15.9. The Morgan fingerprint density at radius 1 is 1.28 bits per heavy atom. The van der Waals surface area contributed by atoms with E-state index in [1.165, 1.54) is 16.9 Å². The van der Waals surface area contributed by atoms with Gasteiger partial charge in [-0.3, -0.25) is 9.89 Å². The van der Waals surface area contributed by atoms with E-state index in [0.717, 1.165) is 30.7 Å². The third kappa shape index (κ3) is 3.90. The van der Waals surface area contributed by atoms with Gasteiger partial charge in [0.05, 0.1) is 28.7 Å². The highest BCUT2D eigenvalue weighted by Gasteiger charge is 2.34. The number of halogens is 3. The van der Waals surface area contributed by atoms with Crippen LogP contribution in [-0.4, -0.2) is 25.9 Å². The van der Waals surface area contributed by atoms with Gasteiger partial charge in [-0.2, -0.15) is 23.4 Å². The molecule has 0 spiro atoms. The van der Waals surface area contributed by atoms with Crippen LogP contribution in [-0.2, 0) is 6.18 Å². The fraction of sp³-hybridized carbons (Fsp3) is 0.350. The number of amides is 1. The maximum atomic E-state index is 13.1. The molecule has 1 aliphatic carbocycles. The SMILES string of the molecule is CC(C)c1cc(NC(=O)c2cnn(-c3cccc(C(F)(F)F)c3)c2C2CC2)n[nH]1. The first kappa shape index (κ1) is 19.2. The van der Waals surface area contributed by atoms with E-state index in [9.17, 15) is 18.0 Å². The predicted octanol–water partition coefficient (Wildman–Crippen LogP) is 4.87. The van der Waals surface area contributed by atoms with Gasteiger partial charge < -0.3 is 5.32 Å². The lowest BCUT2D eigenvalue weighted by Crippen LogP contribution is -2.15. The zero-order chi connectivity index (χ0) is 20.8. The average Bonchev–Trinajstić information content (AvgIpc) is 3.22. The number of hydrogen-bond donors (Lipinski definition) is 2. The number of aromatic nitrogens is 4. The van der Waals surface area contributed by atoms with Gasteiger partial charge in [0.25, 0.3) is 5.91 Å². The number of alkyl halides is 3. The molecule has 1 aliphatic rings. The standard InChI is InChI=1S/C20H20F3N5O/c1-11(2)16-9-17(27-26-16)25-19(29)15-10-24-28(18(15)12-6-7-12)14-5-3-4-13(8-14)20(21,22)23/h3-5,8-12H,6-7H2,1-2H3,(H2,25,26,27,29). The first-order chi connectivity index (χ1) is 13.7. The van der Waals surface area contributed by atoms with Crippen LogP contribution in [0.4, 0.5) is 19.0 Å². The number of H-pyrrole nitrogens is 1. The molecule has 1 saturated carbocycles. The molecule has 2 N–H and O–H groups in total. The summed E-state index contributed by atoms with van der Waals surface area (Å²) in [7, 11) is 0. The Morgan fingerprint density at radius 3 is 2.66 bits per heavy atom. The van der Waals surface area contributed by atoms with Crippen LogP contribution in [0.25, 0.3) is 5.69 Å². The first-order valence-electron chi connectivity index (χ1n) is 9.36. The molecule has 3 aromatic rings. The molecule has 4 rings (SSSR count). The number of carbonyl (C=O) groups is 1. The first-order valence-corrected chi connectivity index (χ1v) is 9.36. The monoisotopic (exact) mass is 403 g/mol. The van der Waals surface area contributed by atoms with Gasteiger partial charge >= 0.3 is 6.18 Å². The molecule has 1 aromatic carbocycles. The Morgan fingerprint density at radius 2 is 2.03 bits per heavy atom. The van der Waals surface area contributed by atoms with E-state index in [1.807, 2.05) is 13.8 Å². The molecule has 0 radical (unpaired) electrons. The Labute approximate surface area is 165 Å². The second-order valence-corrected chi connectivity index (χ2v) is 7.50. The fourth-order valence-electron chi connectivity index (χ4n) is 3.18. The molecule has 0 saturated heterocycles. The van der Waals surface area contributed by atoms with Crippen molar-refractivity contribution in [2.45, 2.75) is 44.7 Å². The normalized spacial score (nSPS) is 14.4. The summed E-state index contributed by atoms with van der Waals surface area (Å²) in [6.07, 6.45) is -1.31. The summed E-state index contributed by atoms with van der Waals surface area (Å²) in [6.45, 7) is 4.01. The van der Waals surface area contributed by atoms with E-state index in [1.54, 1.807) is 12.1 Å². The third-order valence-electron chi connectivity index (χ3n) is 4.89. The van der Waals surface area contributed by atoms with Gasteiger partial charge in [0, 0.05) is 17.7 Å². The van der Waals surface area contributed by atoms with Crippen molar-refractivity contribution in [2.24, 2.45) is 0 Å². The molecule has 152 valence electrons. The Bertz CT molecular complexity index is 1050. The van der Waals surface area contributed by atoms with Crippen molar-refractivity contribution in [3.8, 4) is 5.69 Å². The van der Waals surface area contributed by atoms with Crippen LogP contribution in [0.2, 0.25) is 0 Å². The van der Waals surface area contributed by atoms with Gasteiger partial charge in [-0.1, -0.05) is 19.9 Å². The minimum absolute atomic E-state index is 0.0956. The minimum atomic E-state index is -4.45. The van der Waals surface area contributed by atoms with Crippen molar-refractivity contribution in [3.63, 3.8) is 0 Å². The molecule has 9 heteroatoms. The van der Waals surface area contributed by atoms with E-state index in [-0.39, 0.29) is 23.4 Å². The Kier molecular flexibility index (Phi) is 4.68. The maximum absolute atomic E-state index is 13.1. The van der Waals surface area contributed by atoms with E-state index in [2.05, 4.69) is 20.6 Å². The topological polar surface area (TPSA) is 75.6 Å². The van der Waals surface area contributed by atoms with E-state index in [0.29, 0.717) is 17.1 Å². The lowest BCUT2D eigenvalue weighted by Gasteiger charge is -2.12. The summed E-state index contributed by atoms with van der Waals surface area (Å²) >= 11 is 0. The summed E-state index contributed by atoms with van der Waals surface area (Å²) < 4.78 is 40.7. The number of aromatic amines is 1. The summed E-state index contributed by atoms with van der Waals surface area (Å²) in [4.78, 5) is 12.8. The van der Waals surface area contributed by atoms with Gasteiger partial charge in [-0.15, -0.1) is 0 Å². The second kappa shape index (κ2) is 7.06. The predicted molar refractivity (Wildman–Crippen MR) is 101 cm³/mol. The second-order valence-electron chi connectivity index (χ2n) is 7.50. The highest BCUT2D eigenvalue weighted by atomic mass is 19.4. The molecular formula is C20H20F3N5O. The molecular weight excluding hydrogens is 383 g/mol. The van der Waals surface area contributed by atoms with Crippen molar-refractivity contribution in [1.29, 1.82) is 0 Å². The van der Waals surface area contributed by atoms with Crippen LogP contribution in [0.15, 0.2) is 36.5 Å². The van der Waals surface area contributed by atoms with Crippen molar-refractivity contribution >= 4 is 11.7 Å². The van der Waals surface area contributed by atoms with Crippen LogP contribution < -0.4 is 5.32 Å². The number of hydrogen-bond acceptors (Lipinski definition) is 3. The van der Waals surface area contributed by atoms with Crippen LogP contribution >= 0.6 is 0 Å². The largest absolute Gasteiger partial charge is 0.416 e. The number of nitrogens with one attached hydrogen (secondary N) is 2. The molecule has 0 atom stereocenters. The van der Waals surface area contributed by atoms with Crippen molar-refractivity contribution < 1.29 is 18.0 Å². The van der Waals surface area contributed by atoms with Crippen molar-refractivity contribution in [2.75, 3.05) is 5.32 Å². The van der Waals surface area contributed by atoms with Crippen LogP contribution in [0, 0.1) is 0 Å². The van der Waals surface area contributed by atoms with Crippen molar-refractivity contribution in [3.05, 3.63) is 59.0 Å². The van der Waals surface area contributed by atoms with Gasteiger partial charge in [0.1, 0.15) is 0 Å². The smallest absolute Gasteiger partial charge is 0.305 e. The molecule has 29 heavy (non-hydrogen) atoms. The van der Waals surface area contributed by atoms with Gasteiger partial charge in [0.2, 0.25) is 0 Å². The zero-order valence-electron chi connectivity index (χ0n) is 15.9. The summed E-state index contributed by atoms with van der Waals surface area (Å²) in [6, 6.07) is 6.72. The van der Waals surface area contributed by atoms with E-state index < -0.39 is 11.7 Å². The fourth-order valence-corrected chi connectivity index (χ4v) is 3.18. The number of nitrogens with zero attached hydrogens (tertiary/aromatic N) is 3. The molecule has 0 aliphatic heterocycles. The molecule has 1 fully saturated rings. The molecule has 2 aromatic heterocycles. The molecule has 2 heterocycles. The van der Waals surface area contributed by atoms with Gasteiger partial charge in [0.15, 0.2) is 5.82 Å². The summed E-state index contributed by atoms with van der Waals surface area (Å²) in [5.41, 5.74) is 1.39. The molecule has 6 nitrogen and oxygen atoms in total. The molecule has 0 unspecified atom stereocenters. The van der Waals surface area contributed by atoms with Crippen LogP contribution in [0.5, 0.6) is 0 Å². The van der Waals surface area contributed by atoms with Crippen molar-refractivity contribution in [1.82, 2.24) is 20.0 Å². The number of rotatable bonds is 5. The van der Waals surface area contributed by atoms with E-state index in [4.69, 9.17) is 0 Å². The lowest BCUT2D eigenvalue weighted by molar-refractivity contribution is -0.137. The maximum Gasteiger partial charge on any atom is 0.416 e. The van der Waals surface area contributed by atoms with Gasteiger partial charge in [-0.05, 0) is 37.0 Å². The van der Waals surface area contributed by atoms with Gasteiger partial charge in [-0.25, -0.2) is 4.68 Å². The molecule has 1 amide bonds. The minimum Gasteiger partial charge on any atom is -0.305 e.